The fourth-order valence-electron chi connectivity index (χ4n) is 5.82. The molecule has 0 aliphatic carbocycles. The summed E-state index contributed by atoms with van der Waals surface area (Å²) in [5.74, 6) is 0. The second kappa shape index (κ2) is 11.6. The molecular weight excluding hydrogens is 526 g/mol. The van der Waals surface area contributed by atoms with Gasteiger partial charge in [-0.05, 0) is 61.1 Å². The van der Waals surface area contributed by atoms with E-state index >= 15 is 9.13 Å². The van der Waals surface area contributed by atoms with Crippen molar-refractivity contribution in [3.05, 3.63) is 155 Å². The minimum atomic E-state index is -3.07. The van der Waals surface area contributed by atoms with Gasteiger partial charge in [0.1, 0.15) is 14.3 Å². The molecule has 0 aliphatic heterocycles. The quantitative estimate of drug-likeness (QED) is 0.180. The van der Waals surface area contributed by atoms with Crippen LogP contribution in [0.3, 0.4) is 0 Å². The van der Waals surface area contributed by atoms with Crippen LogP contribution >= 0.6 is 14.3 Å². The number of benzene rings is 5. The van der Waals surface area contributed by atoms with E-state index in [1.165, 1.54) is 0 Å². The second-order valence-electron chi connectivity index (χ2n) is 10.7. The highest BCUT2D eigenvalue weighted by molar-refractivity contribution is 7.78. The van der Waals surface area contributed by atoms with Crippen molar-refractivity contribution in [2.24, 2.45) is 0 Å². The third kappa shape index (κ3) is 5.32. The molecule has 0 heterocycles. The Kier molecular flexibility index (Phi) is 8.14. The number of hydrogen-bond donors (Lipinski definition) is 0. The van der Waals surface area contributed by atoms with Gasteiger partial charge < -0.3 is 9.13 Å². The third-order valence-corrected chi connectivity index (χ3v) is 14.6. The van der Waals surface area contributed by atoms with Crippen LogP contribution in [0.4, 0.5) is 0 Å². The van der Waals surface area contributed by atoms with Gasteiger partial charge in [-0.25, -0.2) is 0 Å². The van der Waals surface area contributed by atoms with Crippen LogP contribution in [-0.4, -0.2) is 0 Å². The zero-order chi connectivity index (χ0) is 28.3. The Morgan fingerprint density at radius 3 is 0.850 bits per heavy atom. The Morgan fingerprint density at radius 2 is 0.600 bits per heavy atom. The number of hydrogen-bond acceptors (Lipinski definition) is 2. The Bertz CT molecular complexity index is 1540. The summed E-state index contributed by atoms with van der Waals surface area (Å²) < 4.78 is 30.6. The predicted molar refractivity (Wildman–Crippen MR) is 172 cm³/mol. The molecule has 0 spiro atoms. The first-order valence-electron chi connectivity index (χ1n) is 13.7. The van der Waals surface area contributed by atoms with Crippen LogP contribution in [0, 0.1) is 27.7 Å². The van der Waals surface area contributed by atoms with Gasteiger partial charge in [-0.3, -0.25) is 0 Å². The van der Waals surface area contributed by atoms with Gasteiger partial charge >= 0.3 is 0 Å². The maximum atomic E-state index is 15.3. The van der Waals surface area contributed by atoms with Crippen LogP contribution in [0.1, 0.15) is 33.4 Å². The molecule has 0 N–H and O–H groups in total. The maximum Gasteiger partial charge on any atom is 0.147 e. The summed E-state index contributed by atoms with van der Waals surface area (Å²) in [6, 6.07) is 40.2. The standard InChI is InChI=1S/C36H36O2P2/c1-27-15-5-11-21-33(27)39(37,34-22-12-6-16-28(34)2)25-31-19-9-10-20-32(31)26-40(38,35-23-13-7-17-29(35)3)36-24-14-8-18-30(36)4/h5-24H,25-26H2,1-4H3. The average molecular weight is 563 g/mol. The van der Waals surface area contributed by atoms with Crippen LogP contribution in [-0.2, 0) is 21.5 Å². The monoisotopic (exact) mass is 562 g/mol. The van der Waals surface area contributed by atoms with Crippen molar-refractivity contribution in [2.45, 2.75) is 40.0 Å². The highest BCUT2D eigenvalue weighted by Crippen LogP contribution is 2.52. The Morgan fingerprint density at radius 1 is 0.375 bits per heavy atom. The average Bonchev–Trinajstić information content (AvgIpc) is 2.95. The molecule has 2 nitrogen and oxygen atoms in total. The summed E-state index contributed by atoms with van der Waals surface area (Å²) in [4.78, 5) is 0. The molecule has 5 aromatic rings. The zero-order valence-electron chi connectivity index (χ0n) is 23.7. The number of rotatable bonds is 8. The molecular formula is C36H36O2P2. The van der Waals surface area contributed by atoms with Crippen molar-refractivity contribution >= 4 is 35.5 Å². The van der Waals surface area contributed by atoms with Crippen LogP contribution in [0.2, 0.25) is 0 Å². The lowest BCUT2D eigenvalue weighted by molar-refractivity contribution is 0.584. The zero-order valence-corrected chi connectivity index (χ0v) is 25.5. The summed E-state index contributed by atoms with van der Waals surface area (Å²) in [7, 11) is -6.13. The molecule has 0 bridgehead atoms. The van der Waals surface area contributed by atoms with Crippen LogP contribution < -0.4 is 21.2 Å². The van der Waals surface area contributed by atoms with E-state index < -0.39 is 14.3 Å². The largest absolute Gasteiger partial charge is 0.313 e. The van der Waals surface area contributed by atoms with E-state index in [-0.39, 0.29) is 0 Å². The minimum absolute atomic E-state index is 0.375. The molecule has 0 atom stereocenters. The molecule has 40 heavy (non-hydrogen) atoms. The van der Waals surface area contributed by atoms with Crippen molar-refractivity contribution in [2.75, 3.05) is 0 Å². The van der Waals surface area contributed by atoms with E-state index in [4.69, 9.17) is 0 Å². The van der Waals surface area contributed by atoms with Gasteiger partial charge in [0.15, 0.2) is 0 Å². The second-order valence-corrected chi connectivity index (χ2v) is 16.2. The highest BCUT2D eigenvalue weighted by Gasteiger charge is 2.34. The molecule has 0 aromatic heterocycles. The van der Waals surface area contributed by atoms with Crippen molar-refractivity contribution < 1.29 is 9.13 Å². The van der Waals surface area contributed by atoms with E-state index in [1.807, 2.05) is 137 Å². The highest BCUT2D eigenvalue weighted by atomic mass is 31.2. The van der Waals surface area contributed by atoms with Crippen molar-refractivity contribution in [1.82, 2.24) is 0 Å². The normalized spacial score (nSPS) is 11.9. The summed E-state index contributed by atoms with van der Waals surface area (Å²) in [6.45, 7) is 8.15. The fourth-order valence-corrected chi connectivity index (χ4v) is 12.5. The van der Waals surface area contributed by atoms with Gasteiger partial charge in [0, 0.05) is 33.5 Å². The third-order valence-electron chi connectivity index (χ3n) is 7.92. The molecule has 0 fully saturated rings. The van der Waals surface area contributed by atoms with Gasteiger partial charge in [-0.1, -0.05) is 121 Å². The van der Waals surface area contributed by atoms with Crippen molar-refractivity contribution in [1.29, 1.82) is 0 Å². The molecule has 0 saturated heterocycles. The van der Waals surface area contributed by atoms with Gasteiger partial charge in [-0.2, -0.15) is 0 Å². The topological polar surface area (TPSA) is 34.1 Å². The molecule has 4 heteroatoms. The molecule has 0 unspecified atom stereocenters. The van der Waals surface area contributed by atoms with E-state index in [0.717, 1.165) is 54.6 Å². The first-order chi connectivity index (χ1) is 19.2. The van der Waals surface area contributed by atoms with Gasteiger partial charge in [0.25, 0.3) is 0 Å². The molecule has 202 valence electrons. The molecule has 0 radical (unpaired) electrons. The smallest absolute Gasteiger partial charge is 0.147 e. The van der Waals surface area contributed by atoms with Crippen LogP contribution in [0.25, 0.3) is 0 Å². The Balaban J connectivity index is 1.68. The Labute approximate surface area is 238 Å². The summed E-state index contributed by atoms with van der Waals surface area (Å²) in [6.07, 6.45) is 0.751. The minimum Gasteiger partial charge on any atom is -0.313 e. The first kappa shape index (κ1) is 28.1. The Hall–Kier alpha value is -3.44. The van der Waals surface area contributed by atoms with Crippen LogP contribution in [0.5, 0.6) is 0 Å². The summed E-state index contributed by atoms with van der Waals surface area (Å²) >= 11 is 0. The molecule has 0 amide bonds. The molecule has 0 saturated carbocycles. The van der Waals surface area contributed by atoms with E-state index in [1.54, 1.807) is 0 Å². The molecule has 5 aromatic carbocycles. The maximum absolute atomic E-state index is 15.3. The van der Waals surface area contributed by atoms with Crippen molar-refractivity contribution in [3.8, 4) is 0 Å². The molecule has 5 rings (SSSR count). The lowest BCUT2D eigenvalue weighted by Crippen LogP contribution is -2.23. The lowest BCUT2D eigenvalue weighted by atomic mass is 10.1. The van der Waals surface area contributed by atoms with Crippen LogP contribution in [0.15, 0.2) is 121 Å². The summed E-state index contributed by atoms with van der Waals surface area (Å²) in [5.41, 5.74) is 6.07. The van der Waals surface area contributed by atoms with E-state index in [0.29, 0.717) is 12.3 Å². The van der Waals surface area contributed by atoms with Crippen molar-refractivity contribution in [3.63, 3.8) is 0 Å². The van der Waals surface area contributed by atoms with Gasteiger partial charge in [-0.15, -0.1) is 0 Å². The van der Waals surface area contributed by atoms with Gasteiger partial charge in [0.05, 0.1) is 0 Å². The molecule has 0 aliphatic rings. The van der Waals surface area contributed by atoms with E-state index in [9.17, 15) is 0 Å². The number of aryl methyl sites for hydroxylation is 4. The SMILES string of the molecule is Cc1ccccc1P(=O)(Cc1ccccc1CP(=O)(c1ccccc1C)c1ccccc1C)c1ccccc1C. The predicted octanol–water partition coefficient (Wildman–Crippen LogP) is 7.95. The summed E-state index contributed by atoms with van der Waals surface area (Å²) in [5, 5.41) is 3.56. The van der Waals surface area contributed by atoms with E-state index in [2.05, 4.69) is 12.1 Å². The lowest BCUT2D eigenvalue weighted by Gasteiger charge is -2.26. The fraction of sp³-hybridized carbons (Fsp3) is 0.167. The first-order valence-corrected chi connectivity index (χ1v) is 17.5. The van der Waals surface area contributed by atoms with Gasteiger partial charge in [0.2, 0.25) is 0 Å².